The molecule has 0 radical (unpaired) electrons. The van der Waals surface area contributed by atoms with Crippen LogP contribution < -0.4 is 5.32 Å². The maximum Gasteiger partial charge on any atom is 0.150 e. The molecule has 2 atom stereocenters. The van der Waals surface area contributed by atoms with E-state index in [0.29, 0.717) is 23.3 Å². The molecular weight excluding hydrogens is 198 g/mol. The third-order valence-electron chi connectivity index (χ3n) is 3.06. The Kier molecular flexibility index (Phi) is 4.38. The van der Waals surface area contributed by atoms with Crippen molar-refractivity contribution in [3.8, 4) is 0 Å². The third-order valence-corrected chi connectivity index (χ3v) is 4.85. The Balaban J connectivity index is 2.52. The Bertz CT molecular complexity index is 255. The molecule has 0 saturated carbocycles. The van der Waals surface area contributed by atoms with Gasteiger partial charge in [0.2, 0.25) is 0 Å². The van der Waals surface area contributed by atoms with Gasteiger partial charge in [-0.1, -0.05) is 13.3 Å². The van der Waals surface area contributed by atoms with Crippen LogP contribution in [0, 0.1) is 11.8 Å². The average Bonchev–Trinajstić information content (AvgIpc) is 2.46. The summed E-state index contributed by atoms with van der Waals surface area (Å²) >= 11 is 0. The highest BCUT2D eigenvalue weighted by atomic mass is 32.2. The molecule has 14 heavy (non-hydrogen) atoms. The number of nitrogens with one attached hydrogen (secondary N) is 1. The van der Waals surface area contributed by atoms with Crippen molar-refractivity contribution in [1.82, 2.24) is 5.32 Å². The quantitative estimate of drug-likeness (QED) is 0.752. The fourth-order valence-electron chi connectivity index (χ4n) is 2.33. The second-order valence-electron chi connectivity index (χ2n) is 4.27. The number of hydrogen-bond acceptors (Lipinski definition) is 3. The van der Waals surface area contributed by atoms with E-state index in [1.165, 1.54) is 0 Å². The van der Waals surface area contributed by atoms with Crippen LogP contribution >= 0.6 is 0 Å². The molecule has 0 bridgehead atoms. The Morgan fingerprint density at radius 3 is 2.64 bits per heavy atom. The van der Waals surface area contributed by atoms with E-state index in [-0.39, 0.29) is 0 Å². The van der Waals surface area contributed by atoms with Crippen LogP contribution in [0.2, 0.25) is 0 Å². The van der Waals surface area contributed by atoms with Crippen molar-refractivity contribution in [2.45, 2.75) is 26.2 Å². The number of hydrogen-bond donors (Lipinski definition) is 1. The fourth-order valence-corrected chi connectivity index (χ4v) is 4.25. The number of rotatable bonds is 5. The van der Waals surface area contributed by atoms with Crippen molar-refractivity contribution >= 4 is 9.84 Å². The molecule has 0 amide bonds. The second-order valence-corrected chi connectivity index (χ2v) is 6.50. The molecule has 0 aromatic carbocycles. The third kappa shape index (κ3) is 3.24. The van der Waals surface area contributed by atoms with Crippen molar-refractivity contribution in [3.05, 3.63) is 0 Å². The van der Waals surface area contributed by atoms with Crippen LogP contribution in [0.5, 0.6) is 0 Å². The molecule has 1 fully saturated rings. The topological polar surface area (TPSA) is 46.2 Å². The maximum atomic E-state index is 11.3. The SMILES string of the molecule is CCCC(CNC)C1CCS(=O)(=O)C1. The minimum absolute atomic E-state index is 0.396. The molecule has 2 unspecified atom stereocenters. The molecular formula is C10H21NO2S. The fraction of sp³-hybridized carbons (Fsp3) is 1.00. The lowest BCUT2D eigenvalue weighted by molar-refractivity contribution is 0.330. The highest BCUT2D eigenvalue weighted by Crippen LogP contribution is 2.28. The summed E-state index contributed by atoms with van der Waals surface area (Å²) in [5, 5.41) is 3.16. The lowest BCUT2D eigenvalue weighted by Crippen LogP contribution is -2.26. The van der Waals surface area contributed by atoms with Crippen molar-refractivity contribution in [3.63, 3.8) is 0 Å². The molecule has 3 nitrogen and oxygen atoms in total. The Morgan fingerprint density at radius 2 is 2.21 bits per heavy atom. The first-order valence-electron chi connectivity index (χ1n) is 5.44. The zero-order valence-corrected chi connectivity index (χ0v) is 9.94. The van der Waals surface area contributed by atoms with Gasteiger partial charge in [-0.15, -0.1) is 0 Å². The van der Waals surface area contributed by atoms with Crippen LogP contribution in [0.3, 0.4) is 0 Å². The zero-order chi connectivity index (χ0) is 10.6. The van der Waals surface area contributed by atoms with Gasteiger partial charge in [-0.05, 0) is 38.3 Å². The van der Waals surface area contributed by atoms with Crippen LogP contribution in [0.25, 0.3) is 0 Å². The lowest BCUT2D eigenvalue weighted by Gasteiger charge is -2.21. The zero-order valence-electron chi connectivity index (χ0n) is 9.12. The lowest BCUT2D eigenvalue weighted by atomic mass is 9.88. The minimum Gasteiger partial charge on any atom is -0.319 e. The molecule has 1 aliphatic heterocycles. The van der Waals surface area contributed by atoms with Gasteiger partial charge in [-0.2, -0.15) is 0 Å². The molecule has 0 aromatic rings. The predicted molar refractivity (Wildman–Crippen MR) is 59.1 cm³/mol. The summed E-state index contributed by atoms with van der Waals surface area (Å²) in [6, 6.07) is 0. The van der Waals surface area contributed by atoms with E-state index in [4.69, 9.17) is 0 Å². The monoisotopic (exact) mass is 219 g/mol. The van der Waals surface area contributed by atoms with E-state index in [2.05, 4.69) is 12.2 Å². The highest BCUT2D eigenvalue weighted by Gasteiger charge is 2.32. The molecule has 84 valence electrons. The van der Waals surface area contributed by atoms with Gasteiger partial charge in [-0.3, -0.25) is 0 Å². The molecule has 1 saturated heterocycles. The molecule has 0 aliphatic carbocycles. The van der Waals surface area contributed by atoms with Gasteiger partial charge >= 0.3 is 0 Å². The highest BCUT2D eigenvalue weighted by molar-refractivity contribution is 7.91. The van der Waals surface area contributed by atoms with Crippen LogP contribution in [0.15, 0.2) is 0 Å². The summed E-state index contributed by atoms with van der Waals surface area (Å²) in [4.78, 5) is 0. The van der Waals surface area contributed by atoms with E-state index in [9.17, 15) is 8.42 Å². The van der Waals surface area contributed by atoms with Gasteiger partial charge in [0.15, 0.2) is 9.84 Å². The smallest absolute Gasteiger partial charge is 0.150 e. The number of sulfone groups is 1. The van der Waals surface area contributed by atoms with Gasteiger partial charge < -0.3 is 5.32 Å². The normalized spacial score (nSPS) is 27.7. The predicted octanol–water partition coefficient (Wildman–Crippen LogP) is 1.06. The Morgan fingerprint density at radius 1 is 1.50 bits per heavy atom. The Labute approximate surface area is 87.2 Å². The first kappa shape index (κ1) is 12.0. The van der Waals surface area contributed by atoms with E-state index >= 15 is 0 Å². The van der Waals surface area contributed by atoms with Gasteiger partial charge in [0, 0.05) is 0 Å². The molecule has 1 aliphatic rings. The van der Waals surface area contributed by atoms with Crippen LogP contribution in [-0.2, 0) is 9.84 Å². The van der Waals surface area contributed by atoms with Crippen LogP contribution in [0.4, 0.5) is 0 Å². The summed E-state index contributed by atoms with van der Waals surface area (Å²) in [5.41, 5.74) is 0. The van der Waals surface area contributed by atoms with Gasteiger partial charge in [0.25, 0.3) is 0 Å². The molecule has 1 N–H and O–H groups in total. The summed E-state index contributed by atoms with van der Waals surface area (Å²) in [6.07, 6.45) is 3.15. The maximum absolute atomic E-state index is 11.3. The van der Waals surface area contributed by atoms with Crippen molar-refractivity contribution in [2.24, 2.45) is 11.8 Å². The molecule has 0 aromatic heterocycles. The minimum atomic E-state index is -2.70. The van der Waals surface area contributed by atoms with E-state index in [0.717, 1.165) is 25.8 Å². The first-order valence-corrected chi connectivity index (χ1v) is 7.26. The molecule has 0 spiro atoms. The Hall–Kier alpha value is -0.0900. The van der Waals surface area contributed by atoms with Crippen molar-refractivity contribution in [1.29, 1.82) is 0 Å². The standard InChI is InChI=1S/C10H21NO2S/c1-3-4-9(7-11-2)10-5-6-14(12,13)8-10/h9-11H,3-8H2,1-2H3. The summed E-state index contributed by atoms with van der Waals surface area (Å²) in [6.45, 7) is 3.11. The van der Waals surface area contributed by atoms with Gasteiger partial charge in [0.05, 0.1) is 11.5 Å². The van der Waals surface area contributed by atoms with Gasteiger partial charge in [-0.25, -0.2) is 8.42 Å². The van der Waals surface area contributed by atoms with E-state index in [1.54, 1.807) is 0 Å². The van der Waals surface area contributed by atoms with Crippen molar-refractivity contribution < 1.29 is 8.42 Å². The summed E-state index contributed by atoms with van der Waals surface area (Å²) in [7, 11) is -0.768. The first-order chi connectivity index (χ1) is 6.59. The van der Waals surface area contributed by atoms with E-state index in [1.807, 2.05) is 7.05 Å². The largest absolute Gasteiger partial charge is 0.319 e. The molecule has 1 rings (SSSR count). The summed E-state index contributed by atoms with van der Waals surface area (Å²) < 4.78 is 22.7. The van der Waals surface area contributed by atoms with Gasteiger partial charge in [0.1, 0.15) is 0 Å². The average molecular weight is 219 g/mol. The van der Waals surface area contributed by atoms with Crippen molar-refractivity contribution in [2.75, 3.05) is 25.1 Å². The molecule has 4 heteroatoms. The van der Waals surface area contributed by atoms with E-state index < -0.39 is 9.84 Å². The van der Waals surface area contributed by atoms with Crippen LogP contribution in [0.1, 0.15) is 26.2 Å². The van der Waals surface area contributed by atoms with Crippen LogP contribution in [-0.4, -0.2) is 33.5 Å². The molecule has 1 heterocycles. The second kappa shape index (κ2) is 5.12. The summed E-state index contributed by atoms with van der Waals surface area (Å²) in [5.74, 6) is 1.76.